The lowest BCUT2D eigenvalue weighted by molar-refractivity contribution is 0.0297. The number of hydrogen-bond acceptors (Lipinski definition) is 2. The number of nitrogens with zero attached hydrogens (tertiary/aromatic N) is 1. The van der Waals surface area contributed by atoms with Gasteiger partial charge in [0.25, 0.3) is 0 Å². The highest BCUT2D eigenvalue weighted by Crippen LogP contribution is 2.24. The second kappa shape index (κ2) is 6.47. The van der Waals surface area contributed by atoms with E-state index < -0.39 is 24.5 Å². The predicted octanol–water partition coefficient (Wildman–Crippen LogP) is 2.54. The van der Waals surface area contributed by atoms with Gasteiger partial charge < -0.3 is 10.8 Å². The molecule has 106 valence electrons. The molecule has 1 aromatic rings. The van der Waals surface area contributed by atoms with Gasteiger partial charge in [-0.15, -0.1) is 0 Å². The summed E-state index contributed by atoms with van der Waals surface area (Å²) >= 11 is 0. The van der Waals surface area contributed by atoms with Crippen molar-refractivity contribution in [1.82, 2.24) is 4.90 Å². The van der Waals surface area contributed by atoms with E-state index in [1.54, 1.807) is 30.3 Å². The average molecular weight is 272 g/mol. The van der Waals surface area contributed by atoms with Crippen LogP contribution >= 0.6 is 0 Å². The van der Waals surface area contributed by atoms with Crippen LogP contribution < -0.4 is 5.73 Å². The number of benzene rings is 1. The molecule has 3 N–H and O–H groups in total. The quantitative estimate of drug-likeness (QED) is 0.836. The van der Waals surface area contributed by atoms with E-state index in [4.69, 9.17) is 5.73 Å². The minimum absolute atomic E-state index is 0.0383. The molecule has 1 amide bonds. The van der Waals surface area contributed by atoms with Gasteiger partial charge in [-0.25, -0.2) is 13.6 Å². The van der Waals surface area contributed by atoms with Gasteiger partial charge in [-0.3, -0.25) is 4.90 Å². The smallest absolute Gasteiger partial charge is 0.408 e. The number of carbonyl (C=O) groups is 1. The molecular weight excluding hydrogens is 254 g/mol. The summed E-state index contributed by atoms with van der Waals surface area (Å²) in [4.78, 5) is 12.3. The average Bonchev–Trinajstić information content (AvgIpc) is 2.36. The molecule has 0 aromatic heterocycles. The van der Waals surface area contributed by atoms with Crippen molar-refractivity contribution in [3.05, 3.63) is 35.9 Å². The molecule has 0 spiro atoms. The molecule has 0 bridgehead atoms. The Hall–Kier alpha value is -1.69. The number of alkyl halides is 2. The molecule has 1 rings (SSSR count). The largest absolute Gasteiger partial charge is 0.465 e. The summed E-state index contributed by atoms with van der Waals surface area (Å²) in [6, 6.07) is 8.82. The Morgan fingerprint density at radius 1 is 1.42 bits per heavy atom. The van der Waals surface area contributed by atoms with Crippen LogP contribution in [-0.4, -0.2) is 34.6 Å². The number of carboxylic acid groups (broad SMARTS) is 1. The van der Waals surface area contributed by atoms with Crippen molar-refractivity contribution in [2.24, 2.45) is 5.73 Å². The Kier molecular flexibility index (Phi) is 5.23. The van der Waals surface area contributed by atoms with Crippen molar-refractivity contribution in [2.75, 3.05) is 6.54 Å². The van der Waals surface area contributed by atoms with E-state index in [9.17, 15) is 18.7 Å². The van der Waals surface area contributed by atoms with Gasteiger partial charge in [-0.05, 0) is 12.5 Å². The van der Waals surface area contributed by atoms with Crippen molar-refractivity contribution in [1.29, 1.82) is 0 Å². The highest BCUT2D eigenvalue weighted by atomic mass is 19.3. The molecule has 1 unspecified atom stereocenters. The summed E-state index contributed by atoms with van der Waals surface area (Å²) in [5, 5.41) is 9.24. The van der Waals surface area contributed by atoms with Crippen molar-refractivity contribution in [3.8, 4) is 0 Å². The van der Waals surface area contributed by atoms with Crippen molar-refractivity contribution < 1.29 is 18.7 Å². The Morgan fingerprint density at radius 3 is 2.42 bits per heavy atom. The molecule has 0 radical (unpaired) electrons. The maximum Gasteiger partial charge on any atom is 0.408 e. The topological polar surface area (TPSA) is 66.6 Å². The lowest BCUT2D eigenvalue weighted by Crippen LogP contribution is -2.54. The third-order valence-electron chi connectivity index (χ3n) is 3.10. The molecule has 0 fully saturated rings. The van der Waals surface area contributed by atoms with Crippen LogP contribution in [0.25, 0.3) is 0 Å². The number of rotatable bonds is 6. The lowest BCUT2D eigenvalue weighted by Gasteiger charge is -2.38. The summed E-state index contributed by atoms with van der Waals surface area (Å²) in [5.74, 6) is 0. The van der Waals surface area contributed by atoms with Gasteiger partial charge in [0.05, 0.1) is 5.54 Å². The SMILES string of the molecule is CC(CN)(CC(F)F)N(Cc1ccccc1)C(=O)O. The summed E-state index contributed by atoms with van der Waals surface area (Å²) < 4.78 is 25.2. The van der Waals surface area contributed by atoms with E-state index in [0.29, 0.717) is 0 Å². The van der Waals surface area contributed by atoms with Crippen LogP contribution in [0.5, 0.6) is 0 Å². The van der Waals surface area contributed by atoms with Gasteiger partial charge in [0, 0.05) is 19.5 Å². The Morgan fingerprint density at radius 2 is 2.00 bits per heavy atom. The molecule has 0 saturated carbocycles. The molecule has 0 aliphatic rings. The van der Waals surface area contributed by atoms with Crippen LogP contribution in [0.1, 0.15) is 18.9 Å². The normalized spacial score (nSPS) is 14.2. The van der Waals surface area contributed by atoms with Gasteiger partial charge in [0.1, 0.15) is 0 Å². The fourth-order valence-corrected chi connectivity index (χ4v) is 1.89. The fourth-order valence-electron chi connectivity index (χ4n) is 1.89. The van der Waals surface area contributed by atoms with Crippen LogP contribution in [0.2, 0.25) is 0 Å². The van der Waals surface area contributed by atoms with Crippen molar-refractivity contribution >= 4 is 6.09 Å². The van der Waals surface area contributed by atoms with E-state index in [0.717, 1.165) is 10.5 Å². The lowest BCUT2D eigenvalue weighted by atomic mass is 9.95. The van der Waals surface area contributed by atoms with E-state index in [1.165, 1.54) is 6.92 Å². The Balaban J connectivity index is 2.95. The first-order valence-electron chi connectivity index (χ1n) is 5.92. The molecule has 6 heteroatoms. The van der Waals surface area contributed by atoms with Crippen LogP contribution in [0.4, 0.5) is 13.6 Å². The summed E-state index contributed by atoms with van der Waals surface area (Å²) in [6.07, 6.45) is -4.44. The highest BCUT2D eigenvalue weighted by molar-refractivity contribution is 5.66. The predicted molar refractivity (Wildman–Crippen MR) is 68.1 cm³/mol. The first-order chi connectivity index (χ1) is 8.89. The van der Waals surface area contributed by atoms with E-state index in [2.05, 4.69) is 0 Å². The maximum atomic E-state index is 12.6. The second-order valence-corrected chi connectivity index (χ2v) is 4.65. The van der Waals surface area contributed by atoms with Gasteiger partial charge in [0.15, 0.2) is 0 Å². The Labute approximate surface area is 110 Å². The second-order valence-electron chi connectivity index (χ2n) is 4.65. The summed E-state index contributed by atoms with van der Waals surface area (Å²) in [5.41, 5.74) is 4.96. The number of hydrogen-bond donors (Lipinski definition) is 2. The molecular formula is C13H18F2N2O2. The monoisotopic (exact) mass is 272 g/mol. The third kappa shape index (κ3) is 4.17. The maximum absolute atomic E-state index is 12.6. The highest BCUT2D eigenvalue weighted by Gasteiger charge is 2.36. The summed E-state index contributed by atoms with van der Waals surface area (Å²) in [6.45, 7) is 1.32. The molecule has 0 heterocycles. The molecule has 19 heavy (non-hydrogen) atoms. The molecule has 1 atom stereocenters. The number of nitrogens with two attached hydrogens (primary N) is 1. The van der Waals surface area contributed by atoms with E-state index >= 15 is 0 Å². The van der Waals surface area contributed by atoms with Crippen LogP contribution in [-0.2, 0) is 6.54 Å². The molecule has 0 aliphatic carbocycles. The molecule has 4 nitrogen and oxygen atoms in total. The minimum Gasteiger partial charge on any atom is -0.465 e. The number of halogens is 2. The van der Waals surface area contributed by atoms with Crippen LogP contribution in [0.3, 0.4) is 0 Å². The first kappa shape index (κ1) is 15.4. The fraction of sp³-hybridized carbons (Fsp3) is 0.462. The van der Waals surface area contributed by atoms with Crippen molar-refractivity contribution in [3.63, 3.8) is 0 Å². The molecule has 0 aliphatic heterocycles. The zero-order valence-corrected chi connectivity index (χ0v) is 10.7. The minimum atomic E-state index is -2.61. The Bertz CT molecular complexity index is 414. The summed E-state index contributed by atoms with van der Waals surface area (Å²) in [7, 11) is 0. The zero-order chi connectivity index (χ0) is 14.5. The van der Waals surface area contributed by atoms with Crippen LogP contribution in [0.15, 0.2) is 30.3 Å². The first-order valence-corrected chi connectivity index (χ1v) is 5.92. The zero-order valence-electron chi connectivity index (χ0n) is 10.7. The van der Waals surface area contributed by atoms with Gasteiger partial charge in [-0.2, -0.15) is 0 Å². The van der Waals surface area contributed by atoms with Crippen LogP contribution in [0, 0.1) is 0 Å². The van der Waals surface area contributed by atoms with E-state index in [1.807, 2.05) is 0 Å². The van der Waals surface area contributed by atoms with Gasteiger partial charge in [-0.1, -0.05) is 30.3 Å². The van der Waals surface area contributed by atoms with Gasteiger partial charge >= 0.3 is 6.09 Å². The van der Waals surface area contributed by atoms with E-state index in [-0.39, 0.29) is 13.1 Å². The van der Waals surface area contributed by atoms with Gasteiger partial charge in [0.2, 0.25) is 6.43 Å². The van der Waals surface area contributed by atoms with Crippen molar-refractivity contribution in [2.45, 2.75) is 31.9 Å². The standard InChI is InChI=1S/C13H18F2N2O2/c1-13(9-16,7-11(14)15)17(12(18)19)8-10-5-3-2-4-6-10/h2-6,11H,7-9,16H2,1H3,(H,18,19). The number of amides is 1. The third-order valence-corrected chi connectivity index (χ3v) is 3.10. The molecule has 1 aromatic carbocycles. The molecule has 0 saturated heterocycles.